The number of allylic oxidation sites excluding steroid dienone is 6. The van der Waals surface area contributed by atoms with Crippen LogP contribution in [0, 0.1) is 0 Å². The molecule has 0 saturated heterocycles. The fourth-order valence-electron chi connectivity index (χ4n) is 7.47. The van der Waals surface area contributed by atoms with Crippen LogP contribution in [0.1, 0.15) is 32.6 Å². The molecular formula is C53H43N2O6S2+. The van der Waals surface area contributed by atoms with E-state index in [2.05, 4.69) is 119 Å². The van der Waals surface area contributed by atoms with Crippen LogP contribution in [0.25, 0.3) is 22.5 Å². The summed E-state index contributed by atoms with van der Waals surface area (Å²) in [5.41, 5.74) is 6.55. The maximum Gasteiger partial charge on any atom is 0.211 e. The molecule has 0 unspecified atom stereocenters. The van der Waals surface area contributed by atoms with Crippen molar-refractivity contribution >= 4 is 36.8 Å². The van der Waals surface area contributed by atoms with Gasteiger partial charge in [0.2, 0.25) is 25.5 Å². The lowest BCUT2D eigenvalue weighted by Crippen LogP contribution is -2.34. The predicted octanol–water partition coefficient (Wildman–Crippen LogP) is 8.11. The fourth-order valence-corrected chi connectivity index (χ4v) is 10.6. The molecule has 8 nitrogen and oxygen atoms in total. The van der Waals surface area contributed by atoms with E-state index in [1.165, 1.54) is 70.8 Å². The number of sulfone groups is 2. The van der Waals surface area contributed by atoms with Gasteiger partial charge in [-0.05, 0) is 69.3 Å². The molecule has 2 aromatic heterocycles. The first kappa shape index (κ1) is 42.4. The van der Waals surface area contributed by atoms with Crippen LogP contribution in [-0.2, 0) is 45.6 Å². The fraction of sp³-hybridized carbons (Fsp3) is 0.0755. The minimum atomic E-state index is -3.98. The molecule has 0 radical (unpaired) electrons. The second-order valence-corrected chi connectivity index (χ2v) is 18.8. The highest BCUT2D eigenvalue weighted by Gasteiger charge is 2.38. The molecule has 312 valence electrons. The van der Waals surface area contributed by atoms with E-state index >= 15 is 0 Å². The molecule has 0 bridgehead atoms. The molecule has 10 heteroatoms. The third-order valence-corrected chi connectivity index (χ3v) is 14.6. The first-order valence-electron chi connectivity index (χ1n) is 20.5. The highest BCUT2D eigenvalue weighted by molar-refractivity contribution is 7.97. The van der Waals surface area contributed by atoms with Crippen LogP contribution in [0.4, 0.5) is 0 Å². The molecule has 0 saturated carbocycles. The highest BCUT2D eigenvalue weighted by atomic mass is 32.2. The van der Waals surface area contributed by atoms with E-state index in [1.807, 2.05) is 0 Å². The molecule has 9 rings (SSSR count). The van der Waals surface area contributed by atoms with Gasteiger partial charge in [0, 0.05) is 42.7 Å². The van der Waals surface area contributed by atoms with Gasteiger partial charge in [0.1, 0.15) is 4.91 Å². The van der Waals surface area contributed by atoms with Gasteiger partial charge in [0.25, 0.3) is 0 Å². The summed E-state index contributed by atoms with van der Waals surface area (Å²) in [6.45, 7) is 2.00. The summed E-state index contributed by atoms with van der Waals surface area (Å²) in [5.74, 6) is -1.21. The van der Waals surface area contributed by atoms with E-state index < -0.39 is 31.2 Å². The highest BCUT2D eigenvalue weighted by Crippen LogP contribution is 2.38. The van der Waals surface area contributed by atoms with Gasteiger partial charge in [-0.3, -0.25) is 4.79 Å². The quantitative estimate of drug-likeness (QED) is 0.0738. The third kappa shape index (κ3) is 9.48. The molecule has 4 heterocycles. The lowest BCUT2D eigenvalue weighted by molar-refractivity contribution is -0.696. The average molecular weight is 868 g/mol. The summed E-state index contributed by atoms with van der Waals surface area (Å²) >= 11 is 0. The van der Waals surface area contributed by atoms with E-state index in [4.69, 9.17) is 0 Å². The Morgan fingerprint density at radius 1 is 0.524 bits per heavy atom. The second kappa shape index (κ2) is 18.8. The average Bonchev–Trinajstić information content (AvgIpc) is 3.65. The number of aryl methyl sites for hydroxylation is 4. The van der Waals surface area contributed by atoms with E-state index in [0.717, 1.165) is 25.9 Å². The van der Waals surface area contributed by atoms with Crippen molar-refractivity contribution in [3.8, 4) is 11.1 Å². The number of hydrogen-bond acceptors (Lipinski definition) is 6. The van der Waals surface area contributed by atoms with Gasteiger partial charge >= 0.3 is 0 Å². The zero-order chi connectivity index (χ0) is 43.8. The van der Waals surface area contributed by atoms with Gasteiger partial charge < -0.3 is 5.11 Å². The van der Waals surface area contributed by atoms with Crippen LogP contribution in [-0.4, -0.2) is 22.6 Å². The molecule has 2 aliphatic rings. The van der Waals surface area contributed by atoms with Crippen molar-refractivity contribution in [2.45, 2.75) is 35.7 Å². The number of nitrogens with zero attached hydrogens (tertiary/aromatic N) is 2. The number of aromatic nitrogens is 2. The number of benzene rings is 5. The minimum Gasteiger partial charge on any atom is -0.871 e. The van der Waals surface area contributed by atoms with Crippen LogP contribution < -0.4 is 14.2 Å². The number of pyridine rings is 2. The summed E-state index contributed by atoms with van der Waals surface area (Å²) in [4.78, 5) is 11.9. The van der Waals surface area contributed by atoms with Crippen molar-refractivity contribution in [3.63, 3.8) is 0 Å². The van der Waals surface area contributed by atoms with Crippen molar-refractivity contribution in [1.29, 1.82) is 0 Å². The lowest BCUT2D eigenvalue weighted by atomic mass is 10.0. The summed E-state index contributed by atoms with van der Waals surface area (Å²) < 4.78 is 56.1. The molecule has 2 aliphatic heterocycles. The zero-order valence-electron chi connectivity index (χ0n) is 34.2. The largest absolute Gasteiger partial charge is 0.871 e. The van der Waals surface area contributed by atoms with Gasteiger partial charge in [0.05, 0.1) is 14.7 Å². The van der Waals surface area contributed by atoms with Crippen molar-refractivity contribution < 1.29 is 35.9 Å². The van der Waals surface area contributed by atoms with Gasteiger partial charge in [-0.1, -0.05) is 139 Å². The molecule has 0 N–H and O–H groups in total. The SMILES string of the molecule is O=C1C(=CC=C(C=CC2=C([O-])c3ccccc3S2(=O)=O)c2ccccc2)S(=O)(=O)c2ccccc21.c1ccc(CC[n+]2ccc(-c3cc[n+](CCc4ccccc4)cc3)cc2)cc1. The van der Waals surface area contributed by atoms with Crippen LogP contribution in [0.15, 0.2) is 232 Å². The predicted molar refractivity (Wildman–Crippen MR) is 243 cm³/mol. The van der Waals surface area contributed by atoms with Gasteiger partial charge in [-0.2, -0.15) is 0 Å². The maximum atomic E-state index is 12.9. The van der Waals surface area contributed by atoms with E-state index in [-0.39, 0.29) is 30.7 Å². The summed E-state index contributed by atoms with van der Waals surface area (Å²) in [6.07, 6.45) is 16.1. The number of ketones is 1. The maximum absolute atomic E-state index is 12.9. The van der Waals surface area contributed by atoms with Crippen LogP contribution in [0.2, 0.25) is 0 Å². The van der Waals surface area contributed by atoms with Crippen LogP contribution in [0.5, 0.6) is 0 Å². The molecule has 0 atom stereocenters. The topological polar surface area (TPSA) is 116 Å². The summed E-state index contributed by atoms with van der Waals surface area (Å²) in [6, 6.07) is 50.9. The second-order valence-electron chi connectivity index (χ2n) is 15.0. The normalized spacial score (nSPS) is 15.5. The molecule has 7 aromatic rings. The van der Waals surface area contributed by atoms with Crippen molar-refractivity contribution in [3.05, 3.63) is 251 Å². The number of hydrogen-bond donors (Lipinski definition) is 0. The zero-order valence-corrected chi connectivity index (χ0v) is 35.8. The van der Waals surface area contributed by atoms with Crippen molar-refractivity contribution in [2.75, 3.05) is 0 Å². The van der Waals surface area contributed by atoms with E-state index in [9.17, 15) is 26.7 Å². The summed E-state index contributed by atoms with van der Waals surface area (Å²) in [5, 5.41) is 12.8. The molecule has 0 fully saturated rings. The Bertz CT molecular complexity index is 3040. The number of Topliss-reactive ketones (excluding diaryl/α,β-unsaturated/α-hetero) is 1. The van der Waals surface area contributed by atoms with Gasteiger partial charge in [0.15, 0.2) is 37.9 Å². The number of carbonyl (C=O) groups excluding carboxylic acids is 1. The Morgan fingerprint density at radius 2 is 0.968 bits per heavy atom. The smallest absolute Gasteiger partial charge is 0.211 e. The lowest BCUT2D eigenvalue weighted by Gasteiger charge is -2.08. The monoisotopic (exact) mass is 867 g/mol. The van der Waals surface area contributed by atoms with Crippen LogP contribution >= 0.6 is 0 Å². The van der Waals surface area contributed by atoms with Crippen molar-refractivity contribution in [1.82, 2.24) is 0 Å². The van der Waals surface area contributed by atoms with Crippen LogP contribution in [0.3, 0.4) is 0 Å². The Morgan fingerprint density at radius 3 is 1.46 bits per heavy atom. The third-order valence-electron chi connectivity index (χ3n) is 10.9. The minimum absolute atomic E-state index is 0.0441. The van der Waals surface area contributed by atoms with E-state index in [1.54, 1.807) is 54.6 Å². The number of rotatable bonds is 11. The molecule has 63 heavy (non-hydrogen) atoms. The molecule has 0 aliphatic carbocycles. The number of carbonyl (C=O) groups is 1. The number of fused-ring (bicyclic) bond motifs is 2. The Labute approximate surface area is 368 Å². The first-order valence-corrected chi connectivity index (χ1v) is 23.4. The Kier molecular flexibility index (Phi) is 12.6. The van der Waals surface area contributed by atoms with Gasteiger partial charge in [-0.25, -0.2) is 26.0 Å². The standard InChI is InChI=1S/C27H18O6S2.C26H26N2/c28-26-20-10-4-6-12-22(20)34(30,31)24(26)16-14-19(18-8-2-1-3-9-18)15-17-25-27(29)21-11-5-7-13-23(21)35(25,32)33;1-3-7-23(8-4-1)11-17-27-19-13-25(14-20-27)26-15-21-28(22-16-26)18-12-24-9-5-2-6-10-24/h1-17,28H;1-10,13-16,19-22H,11-12,17-18H2/q;+2/p-1. The molecular weight excluding hydrogens is 825 g/mol. The molecule has 0 amide bonds. The van der Waals surface area contributed by atoms with E-state index in [0.29, 0.717) is 11.1 Å². The Balaban J connectivity index is 0.000000177. The Hall–Kier alpha value is -7.27. The first-order chi connectivity index (χ1) is 30.6. The molecule has 0 spiro atoms. The van der Waals surface area contributed by atoms with Crippen molar-refractivity contribution in [2.24, 2.45) is 0 Å². The summed E-state index contributed by atoms with van der Waals surface area (Å²) in [7, 11) is -7.96. The molecule has 5 aromatic carbocycles. The van der Waals surface area contributed by atoms with Gasteiger partial charge in [-0.15, -0.1) is 0 Å².